The summed E-state index contributed by atoms with van der Waals surface area (Å²) in [6.45, 7) is 4.31. The summed E-state index contributed by atoms with van der Waals surface area (Å²) in [4.78, 5) is 14.4. The molecule has 0 aliphatic carbocycles. The Morgan fingerprint density at radius 1 is 1.33 bits per heavy atom. The SMILES string of the molecule is CC(C)Cc1[nH]c2ccccc2c1C=O. The highest BCUT2D eigenvalue weighted by Crippen LogP contribution is 2.22. The molecule has 0 spiro atoms. The fourth-order valence-corrected chi connectivity index (χ4v) is 1.92. The number of aromatic nitrogens is 1. The van der Waals surface area contributed by atoms with E-state index in [0.29, 0.717) is 5.92 Å². The molecular formula is C13H15NO. The van der Waals surface area contributed by atoms with Crippen molar-refractivity contribution < 1.29 is 4.79 Å². The van der Waals surface area contributed by atoms with Crippen LogP contribution in [0.25, 0.3) is 10.9 Å². The molecule has 0 saturated carbocycles. The minimum absolute atomic E-state index is 0.553. The lowest BCUT2D eigenvalue weighted by atomic mass is 10.0. The number of hydrogen-bond donors (Lipinski definition) is 1. The van der Waals surface area contributed by atoms with Crippen molar-refractivity contribution in [2.24, 2.45) is 5.92 Å². The van der Waals surface area contributed by atoms with E-state index in [9.17, 15) is 4.79 Å². The van der Waals surface area contributed by atoms with Crippen molar-refractivity contribution in [1.82, 2.24) is 4.98 Å². The van der Waals surface area contributed by atoms with Crippen LogP contribution in [0.5, 0.6) is 0 Å². The van der Waals surface area contributed by atoms with E-state index in [0.717, 1.165) is 34.9 Å². The molecule has 0 aliphatic rings. The molecule has 2 heteroatoms. The predicted molar refractivity (Wildman–Crippen MR) is 62.2 cm³/mol. The molecule has 2 aromatic rings. The van der Waals surface area contributed by atoms with Crippen LogP contribution < -0.4 is 0 Å². The molecule has 1 N–H and O–H groups in total. The number of carbonyl (C=O) groups excluding carboxylic acids is 1. The number of fused-ring (bicyclic) bond motifs is 1. The van der Waals surface area contributed by atoms with Crippen LogP contribution in [0.1, 0.15) is 29.9 Å². The van der Waals surface area contributed by atoms with E-state index in [1.54, 1.807) is 0 Å². The average molecular weight is 201 g/mol. The van der Waals surface area contributed by atoms with Crippen LogP contribution in [0.15, 0.2) is 24.3 Å². The van der Waals surface area contributed by atoms with Crippen LogP contribution in [-0.2, 0) is 6.42 Å². The van der Waals surface area contributed by atoms with Gasteiger partial charge in [-0.05, 0) is 18.4 Å². The number of carbonyl (C=O) groups is 1. The highest BCUT2D eigenvalue weighted by molar-refractivity contribution is 5.98. The van der Waals surface area contributed by atoms with E-state index in [4.69, 9.17) is 0 Å². The van der Waals surface area contributed by atoms with Crippen molar-refractivity contribution in [3.8, 4) is 0 Å². The molecule has 1 aromatic heterocycles. The standard InChI is InChI=1S/C13H15NO/c1-9(2)7-13-11(8-15)10-5-3-4-6-12(10)14-13/h3-6,8-9,14H,7H2,1-2H3. The normalized spacial score (nSPS) is 11.1. The van der Waals surface area contributed by atoms with Gasteiger partial charge >= 0.3 is 0 Å². The first-order valence-electron chi connectivity index (χ1n) is 5.27. The zero-order chi connectivity index (χ0) is 10.8. The number of aromatic amines is 1. The second kappa shape index (κ2) is 3.89. The Morgan fingerprint density at radius 3 is 2.73 bits per heavy atom. The van der Waals surface area contributed by atoms with E-state index in [2.05, 4.69) is 18.8 Å². The lowest BCUT2D eigenvalue weighted by Crippen LogP contribution is -1.97. The molecule has 0 unspecified atom stereocenters. The molecular weight excluding hydrogens is 186 g/mol. The maximum absolute atomic E-state index is 11.1. The van der Waals surface area contributed by atoms with Gasteiger partial charge in [0.25, 0.3) is 0 Å². The fraction of sp³-hybridized carbons (Fsp3) is 0.308. The lowest BCUT2D eigenvalue weighted by Gasteiger charge is -2.02. The maximum atomic E-state index is 11.1. The quantitative estimate of drug-likeness (QED) is 0.760. The first-order chi connectivity index (χ1) is 7.22. The molecule has 15 heavy (non-hydrogen) atoms. The van der Waals surface area contributed by atoms with E-state index in [-0.39, 0.29) is 0 Å². The second-order valence-electron chi connectivity index (χ2n) is 4.28. The van der Waals surface area contributed by atoms with Crippen molar-refractivity contribution in [2.75, 3.05) is 0 Å². The van der Waals surface area contributed by atoms with Crippen molar-refractivity contribution in [3.63, 3.8) is 0 Å². The summed E-state index contributed by atoms with van der Waals surface area (Å²) in [7, 11) is 0. The summed E-state index contributed by atoms with van der Waals surface area (Å²) >= 11 is 0. The van der Waals surface area contributed by atoms with E-state index >= 15 is 0 Å². The lowest BCUT2D eigenvalue weighted by molar-refractivity contribution is 0.112. The van der Waals surface area contributed by atoms with Gasteiger partial charge in [-0.15, -0.1) is 0 Å². The number of rotatable bonds is 3. The first-order valence-corrected chi connectivity index (χ1v) is 5.27. The number of para-hydroxylation sites is 1. The van der Waals surface area contributed by atoms with Gasteiger partial charge in [-0.25, -0.2) is 0 Å². The molecule has 0 bridgehead atoms. The van der Waals surface area contributed by atoms with Gasteiger partial charge in [0.15, 0.2) is 6.29 Å². The topological polar surface area (TPSA) is 32.9 Å². The highest BCUT2D eigenvalue weighted by Gasteiger charge is 2.10. The molecule has 1 aromatic carbocycles. The monoisotopic (exact) mass is 201 g/mol. The Bertz CT molecular complexity index is 482. The summed E-state index contributed by atoms with van der Waals surface area (Å²) in [5.41, 5.74) is 2.93. The maximum Gasteiger partial charge on any atom is 0.152 e. The third-order valence-corrected chi connectivity index (χ3v) is 2.56. The largest absolute Gasteiger partial charge is 0.358 e. The van der Waals surface area contributed by atoms with E-state index < -0.39 is 0 Å². The van der Waals surface area contributed by atoms with Crippen LogP contribution in [0, 0.1) is 5.92 Å². The fourth-order valence-electron chi connectivity index (χ4n) is 1.92. The first kappa shape index (κ1) is 9.97. The summed E-state index contributed by atoms with van der Waals surface area (Å²) in [5, 5.41) is 1.03. The molecule has 0 aliphatic heterocycles. The van der Waals surface area contributed by atoms with Gasteiger partial charge < -0.3 is 4.98 Å². The third-order valence-electron chi connectivity index (χ3n) is 2.56. The van der Waals surface area contributed by atoms with Gasteiger partial charge in [0.2, 0.25) is 0 Å². The average Bonchev–Trinajstić information content (AvgIpc) is 2.53. The molecule has 2 rings (SSSR count). The van der Waals surface area contributed by atoms with Crippen molar-refractivity contribution in [3.05, 3.63) is 35.5 Å². The van der Waals surface area contributed by atoms with Gasteiger partial charge in [-0.2, -0.15) is 0 Å². The van der Waals surface area contributed by atoms with Crippen molar-refractivity contribution in [2.45, 2.75) is 20.3 Å². The Hall–Kier alpha value is -1.57. The molecule has 0 saturated heterocycles. The zero-order valence-corrected chi connectivity index (χ0v) is 9.08. The van der Waals surface area contributed by atoms with Crippen LogP contribution in [0.3, 0.4) is 0 Å². The Kier molecular flexibility index (Phi) is 2.58. The predicted octanol–water partition coefficient (Wildman–Crippen LogP) is 3.18. The summed E-state index contributed by atoms with van der Waals surface area (Å²) in [5.74, 6) is 0.553. The Labute approximate surface area is 89.3 Å². The number of nitrogens with one attached hydrogen (secondary N) is 1. The van der Waals surface area contributed by atoms with Crippen LogP contribution in [0.2, 0.25) is 0 Å². The van der Waals surface area contributed by atoms with E-state index in [1.165, 1.54) is 0 Å². The number of benzene rings is 1. The smallest absolute Gasteiger partial charge is 0.152 e. The second-order valence-corrected chi connectivity index (χ2v) is 4.28. The Morgan fingerprint density at radius 2 is 2.07 bits per heavy atom. The molecule has 78 valence electrons. The molecule has 1 heterocycles. The molecule has 0 fully saturated rings. The van der Waals surface area contributed by atoms with Crippen LogP contribution in [-0.4, -0.2) is 11.3 Å². The van der Waals surface area contributed by atoms with Gasteiger partial charge in [-0.1, -0.05) is 32.0 Å². The van der Waals surface area contributed by atoms with Crippen LogP contribution in [0.4, 0.5) is 0 Å². The van der Waals surface area contributed by atoms with Crippen LogP contribution >= 0.6 is 0 Å². The number of aldehydes is 1. The molecule has 0 atom stereocenters. The minimum Gasteiger partial charge on any atom is -0.358 e. The number of H-pyrrole nitrogens is 1. The summed E-state index contributed by atoms with van der Waals surface area (Å²) in [6.07, 6.45) is 1.87. The molecule has 0 radical (unpaired) electrons. The number of hydrogen-bond acceptors (Lipinski definition) is 1. The van der Waals surface area contributed by atoms with Crippen molar-refractivity contribution >= 4 is 17.2 Å². The molecule has 2 nitrogen and oxygen atoms in total. The van der Waals surface area contributed by atoms with E-state index in [1.807, 2.05) is 24.3 Å². The van der Waals surface area contributed by atoms with Crippen molar-refractivity contribution in [1.29, 1.82) is 0 Å². The minimum atomic E-state index is 0.553. The van der Waals surface area contributed by atoms with Gasteiger partial charge in [-0.3, -0.25) is 4.79 Å². The summed E-state index contributed by atoms with van der Waals surface area (Å²) in [6, 6.07) is 7.93. The third kappa shape index (κ3) is 1.80. The van der Waals surface area contributed by atoms with Gasteiger partial charge in [0.1, 0.15) is 0 Å². The Balaban J connectivity index is 2.58. The highest BCUT2D eigenvalue weighted by atomic mass is 16.1. The summed E-state index contributed by atoms with van der Waals surface area (Å²) < 4.78 is 0. The zero-order valence-electron chi connectivity index (χ0n) is 9.08. The van der Waals surface area contributed by atoms with Gasteiger partial charge in [0, 0.05) is 22.2 Å². The molecule has 0 amide bonds. The van der Waals surface area contributed by atoms with Gasteiger partial charge in [0.05, 0.1) is 0 Å².